The number of nitrogens with two attached hydrogens (primary N) is 2. The number of aryl methyl sites for hydroxylation is 1. The first-order valence-corrected chi connectivity index (χ1v) is 12.6. The summed E-state index contributed by atoms with van der Waals surface area (Å²) in [4.78, 5) is 15.7. The van der Waals surface area contributed by atoms with Crippen molar-refractivity contribution in [2.75, 3.05) is 22.9 Å². The van der Waals surface area contributed by atoms with Gasteiger partial charge in [0.05, 0.1) is 22.1 Å². The summed E-state index contributed by atoms with van der Waals surface area (Å²) >= 11 is 3.46. The Hall–Kier alpha value is -2.49. The van der Waals surface area contributed by atoms with Gasteiger partial charge in [0.25, 0.3) is 0 Å². The summed E-state index contributed by atoms with van der Waals surface area (Å²) in [5.74, 6) is 1.85. The molecule has 0 radical (unpaired) electrons. The SMILES string of the molecule is CC1(C)O[C@@H]2[C@@H](CCc3ccc4cc(Br)c(N)nc4c3)C[C@@H](N3CCc4c(N)ncnc43)[C@@H]2O1. The highest BCUT2D eigenvalue weighted by Crippen LogP contribution is 2.47. The lowest BCUT2D eigenvalue weighted by Gasteiger charge is -2.31. The molecule has 0 spiro atoms. The molecule has 4 atom stereocenters. The number of fused-ring (bicyclic) bond motifs is 3. The second-order valence-corrected chi connectivity index (χ2v) is 10.9. The van der Waals surface area contributed by atoms with E-state index in [0.29, 0.717) is 17.6 Å². The lowest BCUT2D eigenvalue weighted by Crippen LogP contribution is -2.43. The molecule has 4 heterocycles. The molecule has 2 aromatic heterocycles. The minimum Gasteiger partial charge on any atom is -0.383 e. The van der Waals surface area contributed by atoms with Gasteiger partial charge in [-0.1, -0.05) is 12.1 Å². The average molecular weight is 525 g/mol. The molecule has 0 amide bonds. The largest absolute Gasteiger partial charge is 0.383 e. The first-order chi connectivity index (χ1) is 16.3. The Morgan fingerprint density at radius 2 is 1.94 bits per heavy atom. The van der Waals surface area contributed by atoms with Crippen LogP contribution in [0.2, 0.25) is 0 Å². The summed E-state index contributed by atoms with van der Waals surface area (Å²) in [5.41, 5.74) is 15.4. The number of hydrogen-bond donors (Lipinski definition) is 2. The molecule has 4 N–H and O–H groups in total. The Kier molecular flexibility index (Phi) is 5.20. The van der Waals surface area contributed by atoms with Gasteiger partial charge < -0.3 is 25.8 Å². The van der Waals surface area contributed by atoms with Crippen LogP contribution in [0.5, 0.6) is 0 Å². The minimum atomic E-state index is -0.586. The van der Waals surface area contributed by atoms with Gasteiger partial charge in [0.2, 0.25) is 0 Å². The smallest absolute Gasteiger partial charge is 0.163 e. The maximum absolute atomic E-state index is 6.44. The fourth-order valence-electron chi connectivity index (χ4n) is 5.92. The second kappa shape index (κ2) is 8.03. The van der Waals surface area contributed by atoms with Gasteiger partial charge in [0.15, 0.2) is 5.79 Å². The van der Waals surface area contributed by atoms with Crippen molar-refractivity contribution >= 4 is 44.3 Å². The van der Waals surface area contributed by atoms with E-state index in [-0.39, 0.29) is 18.2 Å². The molecule has 3 aromatic rings. The molecule has 8 nitrogen and oxygen atoms in total. The van der Waals surface area contributed by atoms with E-state index in [1.165, 1.54) is 5.56 Å². The Morgan fingerprint density at radius 3 is 2.79 bits per heavy atom. The number of pyridine rings is 1. The summed E-state index contributed by atoms with van der Waals surface area (Å²) in [6.45, 7) is 4.90. The van der Waals surface area contributed by atoms with Gasteiger partial charge >= 0.3 is 0 Å². The molecule has 3 aliphatic rings. The molecular formula is C25H29BrN6O2. The molecule has 9 heteroatoms. The molecule has 1 aromatic carbocycles. The zero-order chi connectivity index (χ0) is 23.6. The number of anilines is 3. The van der Waals surface area contributed by atoms with Crippen molar-refractivity contribution in [1.29, 1.82) is 0 Å². The number of benzene rings is 1. The Labute approximate surface area is 207 Å². The van der Waals surface area contributed by atoms with E-state index in [1.807, 2.05) is 19.9 Å². The van der Waals surface area contributed by atoms with E-state index in [2.05, 4.69) is 54.0 Å². The molecule has 1 saturated heterocycles. The van der Waals surface area contributed by atoms with Gasteiger partial charge in [0.1, 0.15) is 29.9 Å². The highest BCUT2D eigenvalue weighted by Gasteiger charge is 2.55. The van der Waals surface area contributed by atoms with E-state index in [0.717, 1.165) is 59.0 Å². The van der Waals surface area contributed by atoms with Crippen molar-refractivity contribution in [2.24, 2.45) is 5.92 Å². The predicted octanol–water partition coefficient (Wildman–Crippen LogP) is 3.86. The summed E-state index contributed by atoms with van der Waals surface area (Å²) in [6, 6.07) is 8.68. The predicted molar refractivity (Wildman–Crippen MR) is 135 cm³/mol. The van der Waals surface area contributed by atoms with E-state index >= 15 is 0 Å². The van der Waals surface area contributed by atoms with Crippen LogP contribution in [-0.2, 0) is 22.3 Å². The molecule has 2 fully saturated rings. The van der Waals surface area contributed by atoms with E-state index in [9.17, 15) is 0 Å². The van der Waals surface area contributed by atoms with Crippen LogP contribution in [0.4, 0.5) is 17.5 Å². The van der Waals surface area contributed by atoms with Crippen LogP contribution in [0, 0.1) is 5.92 Å². The molecule has 0 bridgehead atoms. The van der Waals surface area contributed by atoms with Crippen molar-refractivity contribution in [3.8, 4) is 0 Å². The number of rotatable bonds is 4. The summed E-state index contributed by atoms with van der Waals surface area (Å²) in [6.07, 6.45) is 5.47. The van der Waals surface area contributed by atoms with Gasteiger partial charge in [0, 0.05) is 17.5 Å². The first-order valence-electron chi connectivity index (χ1n) is 11.9. The van der Waals surface area contributed by atoms with Crippen LogP contribution in [0.3, 0.4) is 0 Å². The molecule has 2 aliphatic heterocycles. The fourth-order valence-corrected chi connectivity index (χ4v) is 6.25. The number of aromatic nitrogens is 3. The third-order valence-corrected chi connectivity index (χ3v) is 8.08. The fraction of sp³-hybridized carbons (Fsp3) is 0.480. The highest BCUT2D eigenvalue weighted by molar-refractivity contribution is 9.10. The summed E-state index contributed by atoms with van der Waals surface area (Å²) < 4.78 is 13.7. The van der Waals surface area contributed by atoms with Crippen LogP contribution < -0.4 is 16.4 Å². The van der Waals surface area contributed by atoms with Crippen LogP contribution >= 0.6 is 15.9 Å². The quantitative estimate of drug-likeness (QED) is 0.528. The molecule has 1 saturated carbocycles. The molecular weight excluding hydrogens is 496 g/mol. The average Bonchev–Trinajstić information content (AvgIpc) is 3.45. The maximum atomic E-state index is 6.44. The number of halogens is 1. The normalized spacial score (nSPS) is 27.3. The number of ether oxygens (including phenoxy) is 2. The molecule has 0 unspecified atom stereocenters. The zero-order valence-corrected chi connectivity index (χ0v) is 21.0. The van der Waals surface area contributed by atoms with E-state index < -0.39 is 5.79 Å². The van der Waals surface area contributed by atoms with Gasteiger partial charge in [-0.05, 0) is 79.1 Å². The molecule has 1 aliphatic carbocycles. The topological polar surface area (TPSA) is 112 Å². The van der Waals surface area contributed by atoms with E-state index in [1.54, 1.807) is 6.33 Å². The summed E-state index contributed by atoms with van der Waals surface area (Å²) in [5, 5.41) is 1.08. The minimum absolute atomic E-state index is 0.0116. The number of nitrogens with zero attached hydrogens (tertiary/aromatic N) is 4. The van der Waals surface area contributed by atoms with Gasteiger partial charge in [-0.3, -0.25) is 0 Å². The lowest BCUT2D eigenvalue weighted by molar-refractivity contribution is -0.158. The van der Waals surface area contributed by atoms with Crippen molar-refractivity contribution in [3.63, 3.8) is 0 Å². The third-order valence-electron chi connectivity index (χ3n) is 7.45. The zero-order valence-electron chi connectivity index (χ0n) is 19.4. The van der Waals surface area contributed by atoms with Crippen LogP contribution in [0.1, 0.15) is 37.8 Å². The van der Waals surface area contributed by atoms with Gasteiger partial charge in [-0.2, -0.15) is 0 Å². The van der Waals surface area contributed by atoms with Crippen molar-refractivity contribution < 1.29 is 9.47 Å². The number of nitrogen functional groups attached to an aromatic ring is 2. The van der Waals surface area contributed by atoms with Crippen molar-refractivity contribution in [3.05, 3.63) is 46.2 Å². The maximum Gasteiger partial charge on any atom is 0.163 e. The Morgan fingerprint density at radius 1 is 1.12 bits per heavy atom. The van der Waals surface area contributed by atoms with E-state index in [4.69, 9.17) is 20.9 Å². The molecule has 6 rings (SSSR count). The molecule has 178 valence electrons. The highest BCUT2D eigenvalue weighted by atomic mass is 79.9. The van der Waals surface area contributed by atoms with Crippen LogP contribution in [0.25, 0.3) is 10.9 Å². The van der Waals surface area contributed by atoms with Crippen molar-refractivity contribution in [1.82, 2.24) is 15.0 Å². The summed E-state index contributed by atoms with van der Waals surface area (Å²) in [7, 11) is 0. The second-order valence-electron chi connectivity index (χ2n) is 10.1. The Bertz CT molecular complexity index is 1270. The lowest BCUT2D eigenvalue weighted by atomic mass is 9.95. The third kappa shape index (κ3) is 3.70. The van der Waals surface area contributed by atoms with Crippen molar-refractivity contribution in [2.45, 2.75) is 63.6 Å². The first kappa shape index (κ1) is 22.0. The van der Waals surface area contributed by atoms with Crippen LogP contribution in [-0.4, -0.2) is 45.5 Å². The monoisotopic (exact) mass is 524 g/mol. The Balaban J connectivity index is 1.23. The van der Waals surface area contributed by atoms with Gasteiger partial charge in [-0.15, -0.1) is 0 Å². The van der Waals surface area contributed by atoms with Gasteiger partial charge in [-0.25, -0.2) is 15.0 Å². The van der Waals surface area contributed by atoms with Crippen LogP contribution in [0.15, 0.2) is 35.1 Å². The molecule has 34 heavy (non-hydrogen) atoms. The number of hydrogen-bond acceptors (Lipinski definition) is 8. The standard InChI is InChI=1S/C25H29BrN6O2/c1-25(2)33-20-15(6-4-13-3-5-14-10-17(26)23(28)31-18(14)9-13)11-19(21(20)34-25)32-8-7-16-22(27)29-12-30-24(16)32/h3,5,9-10,12,15,19-21H,4,6-8,11H2,1-2H3,(H2,28,31)(H2,27,29,30)/t15-,19+,20+,21-/m0/s1.